The molecule has 0 radical (unpaired) electrons. The molecule has 2 fully saturated rings. The molecule has 1 heterocycles. The van der Waals surface area contributed by atoms with Gasteiger partial charge in [-0.2, -0.15) is 0 Å². The Morgan fingerprint density at radius 2 is 2.17 bits per heavy atom. The molecule has 2 atom stereocenters. The topological polar surface area (TPSA) is 15.3 Å². The maximum Gasteiger partial charge on any atom is 0.0195 e. The molecule has 2 rings (SSSR count). The van der Waals surface area contributed by atoms with Crippen LogP contribution in [0.2, 0.25) is 0 Å². The van der Waals surface area contributed by atoms with E-state index < -0.39 is 0 Å². The van der Waals surface area contributed by atoms with Crippen LogP contribution < -0.4 is 5.32 Å². The van der Waals surface area contributed by atoms with Crippen molar-refractivity contribution in [2.75, 3.05) is 19.6 Å². The van der Waals surface area contributed by atoms with Crippen molar-refractivity contribution in [1.82, 2.24) is 10.2 Å². The van der Waals surface area contributed by atoms with Crippen LogP contribution in [0.4, 0.5) is 0 Å². The Kier molecular flexibility index (Phi) is 2.37. The molecule has 1 saturated heterocycles. The van der Waals surface area contributed by atoms with Gasteiger partial charge in [-0.3, -0.25) is 4.90 Å². The summed E-state index contributed by atoms with van der Waals surface area (Å²) in [5, 5.41) is 3.44. The lowest BCUT2D eigenvalue weighted by Crippen LogP contribution is -2.53. The number of hydrogen-bond acceptors (Lipinski definition) is 2. The average Bonchev–Trinajstić information content (AvgIpc) is 2.86. The molecule has 0 aromatic heterocycles. The van der Waals surface area contributed by atoms with Gasteiger partial charge in [-0.05, 0) is 32.6 Å². The summed E-state index contributed by atoms with van der Waals surface area (Å²) in [6.07, 6.45) is 2.94. The fourth-order valence-electron chi connectivity index (χ4n) is 2.31. The van der Waals surface area contributed by atoms with Gasteiger partial charge in [0.1, 0.15) is 0 Å². The van der Waals surface area contributed by atoms with E-state index in [9.17, 15) is 0 Å². The molecule has 2 aliphatic rings. The SMILES string of the molecule is CC1CNCCN1C(C)C1CC1. The van der Waals surface area contributed by atoms with Crippen molar-refractivity contribution in [1.29, 1.82) is 0 Å². The maximum absolute atomic E-state index is 3.44. The fraction of sp³-hybridized carbons (Fsp3) is 1.00. The Balaban J connectivity index is 1.90. The Bertz CT molecular complexity index is 154. The summed E-state index contributed by atoms with van der Waals surface area (Å²) in [5.74, 6) is 1.02. The zero-order valence-electron chi connectivity index (χ0n) is 8.21. The number of hydrogen-bond donors (Lipinski definition) is 1. The molecule has 1 saturated carbocycles. The van der Waals surface area contributed by atoms with E-state index in [2.05, 4.69) is 24.1 Å². The van der Waals surface area contributed by atoms with E-state index >= 15 is 0 Å². The summed E-state index contributed by atoms with van der Waals surface area (Å²) < 4.78 is 0. The lowest BCUT2D eigenvalue weighted by Gasteiger charge is -2.38. The predicted molar refractivity (Wildman–Crippen MR) is 51.2 cm³/mol. The van der Waals surface area contributed by atoms with E-state index in [1.807, 2.05) is 0 Å². The second kappa shape index (κ2) is 3.35. The zero-order chi connectivity index (χ0) is 8.55. The highest BCUT2D eigenvalue weighted by Gasteiger charge is 2.34. The second-order valence-corrected chi connectivity index (χ2v) is 4.37. The minimum atomic E-state index is 0.745. The molecule has 0 aromatic rings. The molecule has 2 nitrogen and oxygen atoms in total. The van der Waals surface area contributed by atoms with Gasteiger partial charge in [0.05, 0.1) is 0 Å². The third-order valence-corrected chi connectivity index (χ3v) is 3.38. The molecule has 0 aromatic carbocycles. The van der Waals surface area contributed by atoms with Gasteiger partial charge in [0, 0.05) is 31.7 Å². The summed E-state index contributed by atoms with van der Waals surface area (Å²) in [7, 11) is 0. The third kappa shape index (κ3) is 1.64. The van der Waals surface area contributed by atoms with Crippen LogP contribution in [-0.4, -0.2) is 36.6 Å². The van der Waals surface area contributed by atoms with Crippen LogP contribution in [0.15, 0.2) is 0 Å². The van der Waals surface area contributed by atoms with Crippen molar-refractivity contribution in [3.63, 3.8) is 0 Å². The van der Waals surface area contributed by atoms with E-state index in [1.165, 1.54) is 32.5 Å². The van der Waals surface area contributed by atoms with Gasteiger partial charge in [-0.25, -0.2) is 0 Å². The van der Waals surface area contributed by atoms with Crippen molar-refractivity contribution in [3.05, 3.63) is 0 Å². The number of nitrogens with zero attached hydrogens (tertiary/aromatic N) is 1. The first kappa shape index (κ1) is 8.52. The van der Waals surface area contributed by atoms with Crippen molar-refractivity contribution in [2.24, 2.45) is 5.92 Å². The van der Waals surface area contributed by atoms with Crippen LogP contribution in [0.5, 0.6) is 0 Å². The Labute approximate surface area is 75.3 Å². The van der Waals surface area contributed by atoms with Gasteiger partial charge in [0.25, 0.3) is 0 Å². The minimum absolute atomic E-state index is 0.745. The standard InChI is InChI=1S/C10H20N2/c1-8-7-11-5-6-12(8)9(2)10-3-4-10/h8-11H,3-7H2,1-2H3. The minimum Gasteiger partial charge on any atom is -0.314 e. The summed E-state index contributed by atoms with van der Waals surface area (Å²) in [5.41, 5.74) is 0. The molecule has 1 N–H and O–H groups in total. The molecule has 0 bridgehead atoms. The molecule has 2 heteroatoms. The summed E-state index contributed by atoms with van der Waals surface area (Å²) in [6.45, 7) is 8.35. The summed E-state index contributed by atoms with van der Waals surface area (Å²) >= 11 is 0. The highest BCUT2D eigenvalue weighted by atomic mass is 15.2. The molecule has 2 unspecified atom stereocenters. The average molecular weight is 168 g/mol. The van der Waals surface area contributed by atoms with Crippen LogP contribution in [0.25, 0.3) is 0 Å². The van der Waals surface area contributed by atoms with E-state index in [-0.39, 0.29) is 0 Å². The second-order valence-electron chi connectivity index (χ2n) is 4.37. The van der Waals surface area contributed by atoms with Gasteiger partial charge in [-0.1, -0.05) is 0 Å². The lowest BCUT2D eigenvalue weighted by molar-refractivity contribution is 0.113. The Hall–Kier alpha value is -0.0800. The maximum atomic E-state index is 3.44. The molecule has 12 heavy (non-hydrogen) atoms. The van der Waals surface area contributed by atoms with Gasteiger partial charge in [0.15, 0.2) is 0 Å². The van der Waals surface area contributed by atoms with Gasteiger partial charge < -0.3 is 5.32 Å². The van der Waals surface area contributed by atoms with Crippen molar-refractivity contribution in [3.8, 4) is 0 Å². The Morgan fingerprint density at radius 1 is 1.42 bits per heavy atom. The van der Waals surface area contributed by atoms with Gasteiger partial charge >= 0.3 is 0 Å². The van der Waals surface area contributed by atoms with Gasteiger partial charge in [0.2, 0.25) is 0 Å². The number of rotatable bonds is 2. The van der Waals surface area contributed by atoms with Crippen LogP contribution >= 0.6 is 0 Å². The highest BCUT2D eigenvalue weighted by molar-refractivity contribution is 4.89. The first-order valence-corrected chi connectivity index (χ1v) is 5.25. The monoisotopic (exact) mass is 168 g/mol. The molecule has 1 aliphatic heterocycles. The normalized spacial score (nSPS) is 35.0. The largest absolute Gasteiger partial charge is 0.314 e. The van der Waals surface area contributed by atoms with E-state index in [1.54, 1.807) is 0 Å². The number of nitrogens with one attached hydrogen (secondary N) is 1. The molecular formula is C10H20N2. The fourth-order valence-corrected chi connectivity index (χ4v) is 2.31. The molecule has 1 aliphatic carbocycles. The van der Waals surface area contributed by atoms with Crippen molar-refractivity contribution in [2.45, 2.75) is 38.8 Å². The van der Waals surface area contributed by atoms with Crippen LogP contribution in [0.1, 0.15) is 26.7 Å². The molecule has 0 amide bonds. The first-order valence-electron chi connectivity index (χ1n) is 5.25. The summed E-state index contributed by atoms with van der Waals surface area (Å²) in [4.78, 5) is 2.67. The molecule has 0 spiro atoms. The Morgan fingerprint density at radius 3 is 2.75 bits per heavy atom. The smallest absolute Gasteiger partial charge is 0.0195 e. The van der Waals surface area contributed by atoms with Crippen LogP contribution in [0.3, 0.4) is 0 Å². The summed E-state index contributed by atoms with van der Waals surface area (Å²) in [6, 6.07) is 1.58. The zero-order valence-corrected chi connectivity index (χ0v) is 8.21. The third-order valence-electron chi connectivity index (χ3n) is 3.38. The van der Waals surface area contributed by atoms with Crippen molar-refractivity contribution >= 4 is 0 Å². The van der Waals surface area contributed by atoms with E-state index in [0.29, 0.717) is 0 Å². The van der Waals surface area contributed by atoms with E-state index in [0.717, 1.165) is 18.0 Å². The molecular weight excluding hydrogens is 148 g/mol. The predicted octanol–water partition coefficient (Wildman–Crippen LogP) is 1.08. The molecule has 70 valence electrons. The van der Waals surface area contributed by atoms with E-state index in [4.69, 9.17) is 0 Å². The lowest BCUT2D eigenvalue weighted by atomic mass is 10.1. The van der Waals surface area contributed by atoms with Crippen LogP contribution in [0, 0.1) is 5.92 Å². The highest BCUT2D eigenvalue weighted by Crippen LogP contribution is 2.35. The first-order chi connectivity index (χ1) is 5.79. The van der Waals surface area contributed by atoms with Crippen LogP contribution in [-0.2, 0) is 0 Å². The van der Waals surface area contributed by atoms with Gasteiger partial charge in [-0.15, -0.1) is 0 Å². The van der Waals surface area contributed by atoms with Crippen molar-refractivity contribution < 1.29 is 0 Å². The quantitative estimate of drug-likeness (QED) is 0.663. The number of piperazine rings is 1.